The molecule has 6 nitrogen and oxygen atoms in total. The SMILES string of the molecule is Cc1nn(CC(=O)Nc2cccc(Cn3nc(C)c(Br)c3C)c2)c(C)c1Cl. The van der Waals surface area contributed by atoms with Gasteiger partial charge in [-0.3, -0.25) is 14.2 Å². The molecule has 0 unspecified atom stereocenters. The number of carbonyl (C=O) groups excluding carboxylic acids is 1. The van der Waals surface area contributed by atoms with E-state index in [0.29, 0.717) is 11.6 Å². The molecule has 3 rings (SSSR count). The van der Waals surface area contributed by atoms with Gasteiger partial charge in [0.25, 0.3) is 0 Å². The first-order valence-corrected chi connectivity index (χ1v) is 9.71. The maximum Gasteiger partial charge on any atom is 0.246 e. The van der Waals surface area contributed by atoms with Crippen LogP contribution >= 0.6 is 27.5 Å². The number of benzene rings is 1. The van der Waals surface area contributed by atoms with Gasteiger partial charge in [0.05, 0.1) is 38.8 Å². The van der Waals surface area contributed by atoms with Gasteiger partial charge in [-0.05, 0) is 61.3 Å². The van der Waals surface area contributed by atoms with Crippen molar-refractivity contribution in [3.05, 3.63) is 62.1 Å². The molecule has 27 heavy (non-hydrogen) atoms. The Morgan fingerprint density at radius 2 is 1.81 bits per heavy atom. The highest BCUT2D eigenvalue weighted by Gasteiger charge is 2.13. The van der Waals surface area contributed by atoms with Gasteiger partial charge in [0.2, 0.25) is 5.91 Å². The second kappa shape index (κ2) is 7.86. The first kappa shape index (κ1) is 19.6. The third-order valence-electron chi connectivity index (χ3n) is 4.42. The molecule has 0 saturated carbocycles. The molecule has 0 radical (unpaired) electrons. The summed E-state index contributed by atoms with van der Waals surface area (Å²) in [6, 6.07) is 7.76. The molecule has 142 valence electrons. The van der Waals surface area contributed by atoms with Crippen molar-refractivity contribution >= 4 is 39.1 Å². The summed E-state index contributed by atoms with van der Waals surface area (Å²) in [7, 11) is 0. The van der Waals surface area contributed by atoms with Gasteiger partial charge in [-0.1, -0.05) is 23.7 Å². The van der Waals surface area contributed by atoms with Crippen LogP contribution < -0.4 is 5.32 Å². The van der Waals surface area contributed by atoms with Gasteiger partial charge in [0.15, 0.2) is 0 Å². The average Bonchev–Trinajstić information content (AvgIpc) is 3.00. The highest BCUT2D eigenvalue weighted by molar-refractivity contribution is 9.10. The van der Waals surface area contributed by atoms with Gasteiger partial charge in [-0.25, -0.2) is 0 Å². The fourth-order valence-corrected chi connectivity index (χ4v) is 3.33. The quantitative estimate of drug-likeness (QED) is 0.626. The average molecular weight is 451 g/mol. The van der Waals surface area contributed by atoms with Crippen molar-refractivity contribution < 1.29 is 4.79 Å². The molecule has 3 aromatic rings. The molecule has 0 aliphatic heterocycles. The van der Waals surface area contributed by atoms with Crippen LogP contribution in [0.5, 0.6) is 0 Å². The van der Waals surface area contributed by atoms with Crippen molar-refractivity contribution in [3.63, 3.8) is 0 Å². The lowest BCUT2D eigenvalue weighted by Gasteiger charge is -2.10. The van der Waals surface area contributed by atoms with Crippen molar-refractivity contribution in [2.45, 2.75) is 40.8 Å². The molecule has 2 heterocycles. The second-order valence-corrected chi connectivity index (χ2v) is 7.70. The van der Waals surface area contributed by atoms with E-state index in [1.807, 2.05) is 56.6 Å². The van der Waals surface area contributed by atoms with E-state index in [1.165, 1.54) is 0 Å². The minimum atomic E-state index is -0.150. The van der Waals surface area contributed by atoms with E-state index in [-0.39, 0.29) is 12.5 Å². The number of carbonyl (C=O) groups is 1. The van der Waals surface area contributed by atoms with Crippen molar-refractivity contribution in [2.24, 2.45) is 0 Å². The molecule has 1 N–H and O–H groups in total. The van der Waals surface area contributed by atoms with Crippen molar-refractivity contribution in [2.75, 3.05) is 5.32 Å². The molecular weight excluding hydrogens is 430 g/mol. The fraction of sp³-hybridized carbons (Fsp3) is 0.316. The molecule has 8 heteroatoms. The van der Waals surface area contributed by atoms with Crippen LogP contribution in [-0.4, -0.2) is 25.5 Å². The monoisotopic (exact) mass is 449 g/mol. The number of amides is 1. The van der Waals surface area contributed by atoms with E-state index in [9.17, 15) is 4.79 Å². The Balaban J connectivity index is 1.70. The number of hydrogen-bond donors (Lipinski definition) is 1. The zero-order valence-electron chi connectivity index (χ0n) is 15.7. The molecule has 1 aromatic carbocycles. The third-order valence-corrected chi connectivity index (χ3v) is 6.12. The molecule has 0 aliphatic carbocycles. The second-order valence-electron chi connectivity index (χ2n) is 6.53. The van der Waals surface area contributed by atoms with E-state index in [1.54, 1.807) is 4.68 Å². The predicted molar refractivity (Wildman–Crippen MR) is 110 cm³/mol. The number of aromatic nitrogens is 4. The maximum absolute atomic E-state index is 12.4. The van der Waals surface area contributed by atoms with Gasteiger partial charge in [-0.15, -0.1) is 0 Å². The van der Waals surface area contributed by atoms with Gasteiger partial charge < -0.3 is 5.32 Å². The zero-order valence-corrected chi connectivity index (χ0v) is 18.0. The third kappa shape index (κ3) is 4.25. The van der Waals surface area contributed by atoms with Crippen LogP contribution in [0.4, 0.5) is 5.69 Å². The van der Waals surface area contributed by atoms with E-state index in [4.69, 9.17) is 11.6 Å². The van der Waals surface area contributed by atoms with Crippen LogP contribution in [0.3, 0.4) is 0 Å². The Morgan fingerprint density at radius 1 is 1.11 bits per heavy atom. The van der Waals surface area contributed by atoms with E-state index < -0.39 is 0 Å². The Labute approximate surface area is 171 Å². The normalized spacial score (nSPS) is 11.0. The van der Waals surface area contributed by atoms with Crippen molar-refractivity contribution in [1.82, 2.24) is 19.6 Å². The minimum Gasteiger partial charge on any atom is -0.324 e. The molecule has 0 saturated heterocycles. The Hall–Kier alpha value is -2.12. The number of anilines is 1. The molecule has 0 bridgehead atoms. The molecule has 0 atom stereocenters. The Morgan fingerprint density at radius 3 is 2.41 bits per heavy atom. The Kier molecular flexibility index (Phi) is 5.72. The summed E-state index contributed by atoms with van der Waals surface area (Å²) in [6.07, 6.45) is 0. The molecule has 2 aromatic heterocycles. The van der Waals surface area contributed by atoms with E-state index in [0.717, 1.165) is 38.5 Å². The first-order chi connectivity index (χ1) is 12.8. The standard InChI is InChI=1S/C19H21BrClN5O/c1-11-18(20)13(3)25(23-11)9-15-6-5-7-16(8-15)22-17(27)10-26-14(4)19(21)12(2)24-26/h5-8H,9-10H2,1-4H3,(H,22,27). The van der Waals surface area contributed by atoms with Gasteiger partial charge in [0, 0.05) is 5.69 Å². The van der Waals surface area contributed by atoms with Crippen molar-refractivity contribution in [3.8, 4) is 0 Å². The number of halogens is 2. The summed E-state index contributed by atoms with van der Waals surface area (Å²) in [5.74, 6) is -0.150. The number of rotatable bonds is 5. The zero-order chi connectivity index (χ0) is 19.7. The lowest BCUT2D eigenvalue weighted by molar-refractivity contribution is -0.116. The molecule has 0 aliphatic rings. The summed E-state index contributed by atoms with van der Waals surface area (Å²) in [5, 5.41) is 12.3. The highest BCUT2D eigenvalue weighted by Crippen LogP contribution is 2.22. The lowest BCUT2D eigenvalue weighted by Crippen LogP contribution is -2.20. The number of nitrogens with zero attached hydrogens (tertiary/aromatic N) is 4. The Bertz CT molecular complexity index is 1010. The maximum atomic E-state index is 12.4. The summed E-state index contributed by atoms with van der Waals surface area (Å²) in [5.41, 5.74) is 5.34. The summed E-state index contributed by atoms with van der Waals surface area (Å²) < 4.78 is 4.58. The van der Waals surface area contributed by atoms with Gasteiger partial charge >= 0.3 is 0 Å². The summed E-state index contributed by atoms with van der Waals surface area (Å²) in [6.45, 7) is 8.42. The van der Waals surface area contributed by atoms with Crippen LogP contribution in [0.1, 0.15) is 28.3 Å². The van der Waals surface area contributed by atoms with Gasteiger partial charge in [-0.2, -0.15) is 10.2 Å². The fourth-order valence-electron chi connectivity index (χ4n) is 2.91. The molecule has 1 amide bonds. The van der Waals surface area contributed by atoms with Crippen LogP contribution in [0.15, 0.2) is 28.7 Å². The van der Waals surface area contributed by atoms with E-state index in [2.05, 4.69) is 31.4 Å². The molecular formula is C19H21BrClN5O. The summed E-state index contributed by atoms with van der Waals surface area (Å²) in [4.78, 5) is 12.4. The molecule has 0 fully saturated rings. The van der Waals surface area contributed by atoms with Crippen LogP contribution in [0, 0.1) is 27.7 Å². The highest BCUT2D eigenvalue weighted by atomic mass is 79.9. The smallest absolute Gasteiger partial charge is 0.246 e. The number of aryl methyl sites for hydroxylation is 2. The minimum absolute atomic E-state index is 0.119. The summed E-state index contributed by atoms with van der Waals surface area (Å²) >= 11 is 9.69. The van der Waals surface area contributed by atoms with Gasteiger partial charge in [0.1, 0.15) is 6.54 Å². The predicted octanol–water partition coefficient (Wildman–Crippen LogP) is 4.42. The van der Waals surface area contributed by atoms with Crippen LogP contribution in [0.25, 0.3) is 0 Å². The molecule has 0 spiro atoms. The van der Waals surface area contributed by atoms with E-state index >= 15 is 0 Å². The van der Waals surface area contributed by atoms with Crippen molar-refractivity contribution in [1.29, 1.82) is 0 Å². The number of nitrogens with one attached hydrogen (secondary N) is 1. The lowest BCUT2D eigenvalue weighted by atomic mass is 10.2. The number of hydrogen-bond acceptors (Lipinski definition) is 3. The van der Waals surface area contributed by atoms with Crippen LogP contribution in [-0.2, 0) is 17.9 Å². The largest absolute Gasteiger partial charge is 0.324 e. The first-order valence-electron chi connectivity index (χ1n) is 8.54. The topological polar surface area (TPSA) is 64.7 Å². The van der Waals surface area contributed by atoms with Crippen LogP contribution in [0.2, 0.25) is 5.02 Å².